The summed E-state index contributed by atoms with van der Waals surface area (Å²) in [4.78, 5) is 30.4. The van der Waals surface area contributed by atoms with Gasteiger partial charge in [-0.2, -0.15) is 0 Å². The second-order valence-corrected chi connectivity index (χ2v) is 9.63. The van der Waals surface area contributed by atoms with Crippen LogP contribution in [0.2, 0.25) is 0 Å². The minimum atomic E-state index is 0.00931. The second-order valence-electron chi connectivity index (χ2n) is 8.54. The van der Waals surface area contributed by atoms with Gasteiger partial charge in [0.05, 0.1) is 11.9 Å². The maximum Gasteiger partial charge on any atom is 0.225 e. The predicted octanol–water partition coefficient (Wildman–Crippen LogP) is 3.70. The Morgan fingerprint density at radius 1 is 1.31 bits per heavy atom. The number of aliphatic imine (C=N–C) groups is 1. The molecule has 0 saturated heterocycles. The first-order chi connectivity index (χ1) is 15.6. The predicted molar refractivity (Wildman–Crippen MR) is 128 cm³/mol. The van der Waals surface area contributed by atoms with Gasteiger partial charge in [0.25, 0.3) is 0 Å². The number of benzene rings is 1. The van der Waals surface area contributed by atoms with Gasteiger partial charge in [0.2, 0.25) is 5.91 Å². The third kappa shape index (κ3) is 4.00. The van der Waals surface area contributed by atoms with E-state index in [1.807, 2.05) is 18.2 Å². The van der Waals surface area contributed by atoms with Crippen LogP contribution in [0.5, 0.6) is 0 Å². The lowest BCUT2D eigenvalue weighted by molar-refractivity contribution is -0.134. The Hall–Kier alpha value is -2.84. The highest BCUT2D eigenvalue weighted by atomic mass is 32.1. The molecule has 2 aromatic heterocycles. The van der Waals surface area contributed by atoms with E-state index in [2.05, 4.69) is 38.5 Å². The lowest BCUT2D eigenvalue weighted by Crippen LogP contribution is -2.36. The van der Waals surface area contributed by atoms with Crippen LogP contribution in [0.3, 0.4) is 0 Å². The molecule has 166 valence electrons. The highest BCUT2D eigenvalue weighted by molar-refractivity contribution is 7.19. The lowest BCUT2D eigenvalue weighted by atomic mass is 9.87. The van der Waals surface area contributed by atoms with Gasteiger partial charge in [-0.05, 0) is 60.9 Å². The molecule has 0 fully saturated rings. The Kier molecular flexibility index (Phi) is 5.89. The van der Waals surface area contributed by atoms with Crippen molar-refractivity contribution in [3.8, 4) is 0 Å². The Morgan fingerprint density at radius 3 is 3.09 bits per heavy atom. The summed E-state index contributed by atoms with van der Waals surface area (Å²) in [6.45, 7) is 1.62. The smallest absolute Gasteiger partial charge is 0.225 e. The van der Waals surface area contributed by atoms with Crippen LogP contribution >= 0.6 is 11.3 Å². The highest BCUT2D eigenvalue weighted by Crippen LogP contribution is 2.40. The Morgan fingerprint density at radius 2 is 2.22 bits per heavy atom. The molecule has 1 aliphatic carbocycles. The monoisotopic (exact) mass is 449 g/mol. The first-order valence-corrected chi connectivity index (χ1v) is 12.0. The third-order valence-corrected chi connectivity index (χ3v) is 7.54. The average Bonchev–Trinajstić information content (AvgIpc) is 3.42. The quantitative estimate of drug-likeness (QED) is 0.537. The lowest BCUT2D eigenvalue weighted by Gasteiger charge is -2.26. The van der Waals surface area contributed by atoms with Gasteiger partial charge in [0, 0.05) is 42.9 Å². The molecule has 8 heteroatoms. The number of unbranched alkanes of at least 4 members (excludes halogenated alkanes) is 1. The van der Waals surface area contributed by atoms with E-state index in [0.29, 0.717) is 6.54 Å². The van der Waals surface area contributed by atoms with E-state index < -0.39 is 0 Å². The first kappa shape index (κ1) is 21.0. The van der Waals surface area contributed by atoms with Crippen molar-refractivity contribution >= 4 is 45.2 Å². The van der Waals surface area contributed by atoms with Gasteiger partial charge >= 0.3 is 0 Å². The van der Waals surface area contributed by atoms with Crippen LogP contribution in [0.15, 0.2) is 29.5 Å². The summed E-state index contributed by atoms with van der Waals surface area (Å²) in [7, 11) is 1.87. The molecule has 1 unspecified atom stereocenters. The molecule has 7 nitrogen and oxygen atoms in total. The molecule has 0 saturated carbocycles. The number of aliphatic hydroxyl groups excluding tert-OH is 1. The number of nitrogens with one attached hydrogen (secondary N) is 1. The Bertz CT molecular complexity index is 1190. The summed E-state index contributed by atoms with van der Waals surface area (Å²) >= 11 is 1.68. The number of aromatic nitrogens is 2. The van der Waals surface area contributed by atoms with Crippen molar-refractivity contribution in [1.82, 2.24) is 14.9 Å². The van der Waals surface area contributed by atoms with Crippen molar-refractivity contribution in [1.29, 1.82) is 0 Å². The topological polar surface area (TPSA) is 90.7 Å². The zero-order valence-electron chi connectivity index (χ0n) is 18.2. The van der Waals surface area contributed by atoms with Gasteiger partial charge in [-0.15, -0.1) is 11.3 Å². The molecular weight excluding hydrogens is 422 g/mol. The van der Waals surface area contributed by atoms with E-state index in [1.54, 1.807) is 17.7 Å². The molecule has 0 bridgehead atoms. The number of hydrogen-bond acceptors (Lipinski definition) is 7. The summed E-state index contributed by atoms with van der Waals surface area (Å²) in [6, 6.07) is 6.29. The minimum absolute atomic E-state index is 0.00931. The summed E-state index contributed by atoms with van der Waals surface area (Å²) in [5.41, 5.74) is 4.67. The van der Waals surface area contributed by atoms with Crippen LogP contribution in [-0.4, -0.2) is 52.3 Å². The number of hydrogen-bond donors (Lipinski definition) is 2. The molecule has 1 aliphatic heterocycles. The summed E-state index contributed by atoms with van der Waals surface area (Å²) in [5, 5.41) is 13.6. The summed E-state index contributed by atoms with van der Waals surface area (Å²) < 4.78 is 0. The van der Waals surface area contributed by atoms with E-state index >= 15 is 0 Å². The zero-order valence-corrected chi connectivity index (χ0v) is 19.0. The second kappa shape index (κ2) is 8.96. The van der Waals surface area contributed by atoms with Crippen LogP contribution in [0, 0.1) is 5.92 Å². The van der Waals surface area contributed by atoms with Gasteiger partial charge in [0.15, 0.2) is 0 Å². The molecule has 1 aromatic carbocycles. The summed E-state index contributed by atoms with van der Waals surface area (Å²) in [5.74, 6) is 1.04. The van der Waals surface area contributed by atoms with Gasteiger partial charge in [-0.1, -0.05) is 6.07 Å². The number of anilines is 2. The number of aryl methyl sites for hydroxylation is 1. The van der Waals surface area contributed by atoms with Crippen molar-refractivity contribution in [2.75, 3.05) is 25.5 Å². The molecular formula is C24H27N5O2S. The normalized spacial score (nSPS) is 16.8. The van der Waals surface area contributed by atoms with Crippen molar-refractivity contribution in [3.05, 3.63) is 46.1 Å². The fourth-order valence-electron chi connectivity index (χ4n) is 4.61. The molecule has 2 aliphatic rings. The molecule has 3 aromatic rings. The molecule has 2 N–H and O–H groups in total. The number of thiophene rings is 1. The number of aliphatic hydroxyl groups is 1. The SMILES string of the molecule is CN(CCCCO)C(=O)C1CCc2c(sc3ncnc(Nc4ccc5c(c4)C=NC5)c23)C1. The number of nitrogens with zero attached hydrogens (tertiary/aromatic N) is 4. The van der Waals surface area contributed by atoms with Crippen molar-refractivity contribution in [3.63, 3.8) is 0 Å². The van der Waals surface area contributed by atoms with Gasteiger partial charge < -0.3 is 15.3 Å². The van der Waals surface area contributed by atoms with Crippen LogP contribution in [-0.2, 0) is 24.2 Å². The maximum atomic E-state index is 12.9. The maximum absolute atomic E-state index is 12.9. The average molecular weight is 450 g/mol. The van der Waals surface area contributed by atoms with Gasteiger partial charge in [0.1, 0.15) is 17.0 Å². The van der Waals surface area contributed by atoms with Gasteiger partial charge in [-0.25, -0.2) is 9.97 Å². The molecule has 5 rings (SSSR count). The van der Waals surface area contributed by atoms with Crippen LogP contribution in [0.1, 0.15) is 40.8 Å². The highest BCUT2D eigenvalue weighted by Gasteiger charge is 2.30. The zero-order chi connectivity index (χ0) is 22.1. The fourth-order valence-corrected chi connectivity index (χ4v) is 5.88. The van der Waals surface area contributed by atoms with Crippen LogP contribution in [0.4, 0.5) is 11.5 Å². The number of carbonyl (C=O) groups is 1. The number of rotatable bonds is 7. The van der Waals surface area contributed by atoms with E-state index in [-0.39, 0.29) is 18.4 Å². The van der Waals surface area contributed by atoms with Crippen molar-refractivity contribution < 1.29 is 9.90 Å². The molecule has 32 heavy (non-hydrogen) atoms. The number of amides is 1. The minimum Gasteiger partial charge on any atom is -0.396 e. The van der Waals surface area contributed by atoms with E-state index in [4.69, 9.17) is 5.11 Å². The standard InChI is InChI=1S/C24H27N5O2S/c1-29(8-2-3-9-30)24(31)15-5-7-19-20(11-15)32-23-21(19)22(26-14-27-23)28-18-6-4-16-12-25-13-17(16)10-18/h4,6,10,13-15,30H,2-3,5,7-9,11-12H2,1H3,(H,26,27,28). The fraction of sp³-hybridized carbons (Fsp3) is 0.417. The third-order valence-electron chi connectivity index (χ3n) is 6.37. The molecule has 3 heterocycles. The molecule has 0 radical (unpaired) electrons. The largest absolute Gasteiger partial charge is 0.396 e. The number of fused-ring (bicyclic) bond motifs is 4. The van der Waals surface area contributed by atoms with Crippen molar-refractivity contribution in [2.45, 2.75) is 38.6 Å². The van der Waals surface area contributed by atoms with E-state index in [1.165, 1.54) is 16.0 Å². The van der Waals surface area contributed by atoms with Crippen molar-refractivity contribution in [2.24, 2.45) is 10.9 Å². The van der Waals surface area contributed by atoms with Gasteiger partial charge in [-0.3, -0.25) is 9.79 Å². The molecule has 1 atom stereocenters. The van der Waals surface area contributed by atoms with E-state index in [9.17, 15) is 4.79 Å². The first-order valence-electron chi connectivity index (χ1n) is 11.1. The van der Waals surface area contributed by atoms with Crippen LogP contribution < -0.4 is 5.32 Å². The van der Waals surface area contributed by atoms with Crippen LogP contribution in [0.25, 0.3) is 10.2 Å². The summed E-state index contributed by atoms with van der Waals surface area (Å²) in [6.07, 6.45) is 7.54. The Balaban J connectivity index is 1.37. The molecule has 0 spiro atoms. The Labute approximate surface area is 191 Å². The molecule has 1 amide bonds. The van der Waals surface area contributed by atoms with E-state index in [0.717, 1.165) is 65.9 Å². The number of carbonyl (C=O) groups excluding carboxylic acids is 1.